The molecule has 1 atom stereocenters. The van der Waals surface area contributed by atoms with Crippen LogP contribution < -0.4 is 10.1 Å². The van der Waals surface area contributed by atoms with Crippen molar-refractivity contribution in [2.45, 2.75) is 25.4 Å². The molecule has 1 heterocycles. The van der Waals surface area contributed by atoms with Gasteiger partial charge in [-0.05, 0) is 30.9 Å². The zero-order chi connectivity index (χ0) is 16.9. The minimum atomic E-state index is -4.66. The first-order valence-electron chi connectivity index (χ1n) is 7.20. The number of carbonyl (C=O) groups is 1. The van der Waals surface area contributed by atoms with E-state index in [1.54, 1.807) is 0 Å². The average molecular weight is 335 g/mol. The van der Waals surface area contributed by atoms with Crippen molar-refractivity contribution in [3.8, 4) is 5.75 Å². The van der Waals surface area contributed by atoms with Crippen LogP contribution in [0.4, 0.5) is 17.6 Å². The maximum Gasteiger partial charge on any atom is 0.461 e. The highest BCUT2D eigenvalue weighted by molar-refractivity contribution is 5.96. The maximum atomic E-state index is 13.0. The molecule has 0 bridgehead atoms. The highest BCUT2D eigenvalue weighted by atomic mass is 19.3. The Morgan fingerprint density at radius 3 is 2.78 bits per heavy atom. The fourth-order valence-electron chi connectivity index (χ4n) is 2.24. The monoisotopic (exact) mass is 335 g/mol. The van der Waals surface area contributed by atoms with Crippen molar-refractivity contribution in [2.24, 2.45) is 5.92 Å². The quantitative estimate of drug-likeness (QED) is 0.813. The number of hydrogen-bond acceptors (Lipinski definition) is 3. The third-order valence-electron chi connectivity index (χ3n) is 3.44. The normalized spacial score (nSPS) is 18.7. The molecule has 1 aliphatic heterocycles. The predicted molar refractivity (Wildman–Crippen MR) is 73.9 cm³/mol. The van der Waals surface area contributed by atoms with E-state index in [0.29, 0.717) is 19.8 Å². The first kappa shape index (κ1) is 17.5. The number of rotatable bonds is 6. The molecule has 0 radical (unpaired) electrons. The molecule has 1 unspecified atom stereocenters. The van der Waals surface area contributed by atoms with E-state index in [4.69, 9.17) is 4.74 Å². The lowest BCUT2D eigenvalue weighted by Gasteiger charge is -2.23. The fraction of sp³-hybridized carbons (Fsp3) is 0.533. The van der Waals surface area contributed by atoms with Gasteiger partial charge in [-0.15, -0.1) is 0 Å². The largest absolute Gasteiger partial charge is 0.461 e. The molecule has 1 aromatic rings. The summed E-state index contributed by atoms with van der Waals surface area (Å²) in [4.78, 5) is 12.1. The fourth-order valence-corrected chi connectivity index (χ4v) is 2.24. The van der Waals surface area contributed by atoms with Gasteiger partial charge in [0.2, 0.25) is 0 Å². The van der Waals surface area contributed by atoms with E-state index in [0.717, 1.165) is 18.9 Å². The summed E-state index contributed by atoms with van der Waals surface area (Å²) in [5, 5.41) is 2.59. The Labute approximate surface area is 130 Å². The van der Waals surface area contributed by atoms with Crippen molar-refractivity contribution < 1.29 is 31.8 Å². The van der Waals surface area contributed by atoms with Crippen LogP contribution in [0.15, 0.2) is 24.3 Å². The van der Waals surface area contributed by atoms with E-state index in [9.17, 15) is 22.4 Å². The lowest BCUT2D eigenvalue weighted by molar-refractivity contribution is -0.253. The Kier molecular flexibility index (Phi) is 5.81. The molecule has 2 rings (SSSR count). The summed E-state index contributed by atoms with van der Waals surface area (Å²) in [7, 11) is 0. The molecule has 1 amide bonds. The predicted octanol–water partition coefficient (Wildman–Crippen LogP) is 3.08. The zero-order valence-electron chi connectivity index (χ0n) is 12.2. The van der Waals surface area contributed by atoms with Gasteiger partial charge >= 0.3 is 12.5 Å². The highest BCUT2D eigenvalue weighted by Crippen LogP contribution is 2.29. The topological polar surface area (TPSA) is 47.6 Å². The summed E-state index contributed by atoms with van der Waals surface area (Å²) < 4.78 is 59.8. The van der Waals surface area contributed by atoms with E-state index >= 15 is 0 Å². The standard InChI is InChI=1S/C15H17F4NO3/c16-14(17)15(18,19)23-12-6-2-1-5-11(12)13(21)20-8-10-4-3-7-22-9-10/h1-2,5-6,10,14H,3-4,7-9H2,(H,20,21). The van der Waals surface area contributed by atoms with Crippen molar-refractivity contribution >= 4 is 5.91 Å². The Morgan fingerprint density at radius 1 is 1.39 bits per heavy atom. The van der Waals surface area contributed by atoms with Gasteiger partial charge in [0.1, 0.15) is 5.75 Å². The van der Waals surface area contributed by atoms with E-state index in [2.05, 4.69) is 10.1 Å². The molecule has 1 N–H and O–H groups in total. The number of benzene rings is 1. The van der Waals surface area contributed by atoms with Crippen LogP contribution in [0.3, 0.4) is 0 Å². The Hall–Kier alpha value is -1.83. The smallest absolute Gasteiger partial charge is 0.427 e. The molecule has 1 aliphatic rings. The third kappa shape index (κ3) is 4.82. The number of carbonyl (C=O) groups excluding carboxylic acids is 1. The molecular weight excluding hydrogens is 318 g/mol. The summed E-state index contributed by atoms with van der Waals surface area (Å²) in [5.74, 6) is -1.10. The molecular formula is C15H17F4NO3. The zero-order valence-corrected chi connectivity index (χ0v) is 12.2. The first-order valence-corrected chi connectivity index (χ1v) is 7.20. The second-order valence-electron chi connectivity index (χ2n) is 5.25. The summed E-state index contributed by atoms with van der Waals surface area (Å²) in [6, 6.07) is 5.05. The van der Waals surface area contributed by atoms with Gasteiger partial charge in [0.25, 0.3) is 5.91 Å². The number of hydrogen-bond donors (Lipinski definition) is 1. The minimum Gasteiger partial charge on any atom is -0.427 e. The average Bonchev–Trinajstić information content (AvgIpc) is 2.53. The van der Waals surface area contributed by atoms with E-state index < -0.39 is 24.2 Å². The van der Waals surface area contributed by atoms with Gasteiger partial charge in [0.15, 0.2) is 0 Å². The van der Waals surface area contributed by atoms with Crippen LogP contribution in [0.5, 0.6) is 5.75 Å². The molecule has 1 saturated heterocycles. The van der Waals surface area contributed by atoms with Gasteiger partial charge in [-0.2, -0.15) is 17.6 Å². The van der Waals surface area contributed by atoms with E-state index in [1.165, 1.54) is 18.2 Å². The minimum absolute atomic E-state index is 0.142. The van der Waals surface area contributed by atoms with Crippen molar-refractivity contribution in [1.29, 1.82) is 0 Å². The maximum absolute atomic E-state index is 13.0. The number of ether oxygens (including phenoxy) is 2. The molecule has 0 saturated carbocycles. The number of alkyl halides is 4. The number of amides is 1. The second kappa shape index (κ2) is 7.63. The van der Waals surface area contributed by atoms with Gasteiger partial charge in [-0.1, -0.05) is 12.1 Å². The molecule has 8 heteroatoms. The number of para-hydroxylation sites is 1. The van der Waals surface area contributed by atoms with Crippen molar-refractivity contribution in [3.05, 3.63) is 29.8 Å². The van der Waals surface area contributed by atoms with Crippen LogP contribution in [0, 0.1) is 5.92 Å². The summed E-state index contributed by atoms with van der Waals surface area (Å²) in [5.41, 5.74) is -0.218. The Balaban J connectivity index is 2.02. The van der Waals surface area contributed by atoms with Crippen LogP contribution in [-0.2, 0) is 4.74 Å². The summed E-state index contributed by atoms with van der Waals surface area (Å²) in [6.07, 6.45) is -6.87. The van der Waals surface area contributed by atoms with Crippen LogP contribution >= 0.6 is 0 Å². The van der Waals surface area contributed by atoms with Crippen molar-refractivity contribution in [3.63, 3.8) is 0 Å². The molecule has 23 heavy (non-hydrogen) atoms. The summed E-state index contributed by atoms with van der Waals surface area (Å²) >= 11 is 0. The van der Waals surface area contributed by atoms with Crippen molar-refractivity contribution in [2.75, 3.05) is 19.8 Å². The van der Waals surface area contributed by atoms with Crippen LogP contribution in [0.1, 0.15) is 23.2 Å². The van der Waals surface area contributed by atoms with Gasteiger partial charge in [-0.3, -0.25) is 4.79 Å². The SMILES string of the molecule is O=C(NCC1CCCOC1)c1ccccc1OC(F)(F)C(F)F. The van der Waals surface area contributed by atoms with Crippen LogP contribution in [0.25, 0.3) is 0 Å². The lowest BCUT2D eigenvalue weighted by Crippen LogP contribution is -2.36. The van der Waals surface area contributed by atoms with Crippen LogP contribution in [0.2, 0.25) is 0 Å². The molecule has 0 spiro atoms. The van der Waals surface area contributed by atoms with E-state index in [-0.39, 0.29) is 11.5 Å². The molecule has 128 valence electrons. The molecule has 1 fully saturated rings. The Bertz CT molecular complexity index is 533. The molecule has 1 aromatic carbocycles. The number of nitrogens with one attached hydrogen (secondary N) is 1. The number of halogens is 4. The molecule has 4 nitrogen and oxygen atoms in total. The van der Waals surface area contributed by atoms with Gasteiger partial charge in [-0.25, -0.2) is 0 Å². The van der Waals surface area contributed by atoms with Gasteiger partial charge in [0.05, 0.1) is 12.2 Å². The second-order valence-corrected chi connectivity index (χ2v) is 5.25. The Morgan fingerprint density at radius 2 is 2.13 bits per heavy atom. The third-order valence-corrected chi connectivity index (χ3v) is 3.44. The highest BCUT2D eigenvalue weighted by Gasteiger charge is 2.44. The first-order chi connectivity index (χ1) is 10.9. The summed E-state index contributed by atoms with van der Waals surface area (Å²) in [6.45, 7) is 1.52. The van der Waals surface area contributed by atoms with Gasteiger partial charge in [0, 0.05) is 13.2 Å². The molecule has 0 aliphatic carbocycles. The lowest BCUT2D eigenvalue weighted by atomic mass is 10.0. The van der Waals surface area contributed by atoms with Gasteiger partial charge < -0.3 is 14.8 Å². The van der Waals surface area contributed by atoms with Crippen molar-refractivity contribution in [1.82, 2.24) is 5.32 Å². The van der Waals surface area contributed by atoms with E-state index in [1.807, 2.05) is 0 Å². The molecule has 0 aromatic heterocycles. The van der Waals surface area contributed by atoms with Crippen LogP contribution in [-0.4, -0.2) is 38.2 Å².